The van der Waals surface area contributed by atoms with E-state index in [0.29, 0.717) is 13.0 Å². The highest BCUT2D eigenvalue weighted by Crippen LogP contribution is 2.10. The first kappa shape index (κ1) is 12.7. The van der Waals surface area contributed by atoms with Gasteiger partial charge in [0.25, 0.3) is 0 Å². The summed E-state index contributed by atoms with van der Waals surface area (Å²) < 4.78 is 26.2. The molecule has 0 unspecified atom stereocenters. The van der Waals surface area contributed by atoms with Crippen LogP contribution in [0.1, 0.15) is 18.9 Å². The fourth-order valence-corrected chi connectivity index (χ4v) is 2.47. The van der Waals surface area contributed by atoms with Crippen LogP contribution in [0.2, 0.25) is 0 Å². The van der Waals surface area contributed by atoms with E-state index in [1.807, 2.05) is 31.2 Å². The van der Waals surface area contributed by atoms with Crippen molar-refractivity contribution in [3.63, 3.8) is 0 Å². The van der Waals surface area contributed by atoms with Crippen molar-refractivity contribution < 1.29 is 8.42 Å². The molecule has 0 aliphatic carbocycles. The van der Waals surface area contributed by atoms with E-state index < -0.39 is 10.0 Å². The Hall–Kier alpha value is -0.390. The molecule has 0 saturated carbocycles. The SMILES string of the molecule is CCCS(=O)(=O)NCc1ccc(Br)cc1. The van der Waals surface area contributed by atoms with E-state index in [2.05, 4.69) is 20.7 Å². The molecule has 15 heavy (non-hydrogen) atoms. The maximum Gasteiger partial charge on any atom is 0.211 e. The van der Waals surface area contributed by atoms with E-state index in [-0.39, 0.29) is 5.75 Å². The Labute approximate surface area is 99.1 Å². The summed E-state index contributed by atoms with van der Waals surface area (Å²) in [7, 11) is -3.10. The Balaban J connectivity index is 2.54. The molecule has 84 valence electrons. The van der Waals surface area contributed by atoms with Crippen molar-refractivity contribution in [1.29, 1.82) is 0 Å². The van der Waals surface area contributed by atoms with Crippen LogP contribution >= 0.6 is 15.9 Å². The van der Waals surface area contributed by atoms with E-state index >= 15 is 0 Å². The standard InChI is InChI=1S/C10H14BrNO2S/c1-2-7-15(13,14)12-8-9-3-5-10(11)6-4-9/h3-6,12H,2,7-8H2,1H3. The molecule has 1 aromatic carbocycles. The summed E-state index contributed by atoms with van der Waals surface area (Å²) in [6.45, 7) is 2.20. The largest absolute Gasteiger partial charge is 0.212 e. The van der Waals surface area contributed by atoms with Gasteiger partial charge in [-0.1, -0.05) is 35.0 Å². The van der Waals surface area contributed by atoms with Crippen molar-refractivity contribution in [3.05, 3.63) is 34.3 Å². The first-order valence-corrected chi connectivity index (χ1v) is 7.20. The molecule has 3 nitrogen and oxygen atoms in total. The Morgan fingerprint density at radius 3 is 2.40 bits per heavy atom. The highest BCUT2D eigenvalue weighted by Gasteiger charge is 2.07. The van der Waals surface area contributed by atoms with Crippen molar-refractivity contribution in [2.45, 2.75) is 19.9 Å². The zero-order valence-electron chi connectivity index (χ0n) is 8.53. The highest BCUT2D eigenvalue weighted by molar-refractivity contribution is 9.10. The summed E-state index contributed by atoms with van der Waals surface area (Å²) in [5.74, 6) is 0.184. The van der Waals surface area contributed by atoms with Crippen LogP contribution in [0, 0.1) is 0 Å². The third-order valence-electron chi connectivity index (χ3n) is 1.88. The van der Waals surface area contributed by atoms with Crippen molar-refractivity contribution in [2.75, 3.05) is 5.75 Å². The van der Waals surface area contributed by atoms with Crippen LogP contribution in [-0.2, 0) is 16.6 Å². The minimum Gasteiger partial charge on any atom is -0.212 e. The molecule has 0 aliphatic heterocycles. The van der Waals surface area contributed by atoms with Crippen molar-refractivity contribution in [2.24, 2.45) is 0 Å². The van der Waals surface area contributed by atoms with E-state index in [9.17, 15) is 8.42 Å². The lowest BCUT2D eigenvalue weighted by Gasteiger charge is -2.05. The molecule has 0 heterocycles. The summed E-state index contributed by atoms with van der Waals surface area (Å²) in [6.07, 6.45) is 0.635. The zero-order valence-corrected chi connectivity index (χ0v) is 10.9. The normalized spacial score (nSPS) is 11.6. The molecule has 0 fully saturated rings. The van der Waals surface area contributed by atoms with Gasteiger partial charge in [-0.3, -0.25) is 0 Å². The Kier molecular flexibility index (Phi) is 4.76. The van der Waals surface area contributed by atoms with Gasteiger partial charge in [0, 0.05) is 11.0 Å². The number of benzene rings is 1. The molecule has 0 radical (unpaired) electrons. The van der Waals surface area contributed by atoms with E-state index in [0.717, 1.165) is 10.0 Å². The van der Waals surface area contributed by atoms with Crippen LogP contribution in [0.25, 0.3) is 0 Å². The van der Waals surface area contributed by atoms with Gasteiger partial charge in [-0.25, -0.2) is 13.1 Å². The van der Waals surface area contributed by atoms with Crippen molar-refractivity contribution >= 4 is 26.0 Å². The summed E-state index contributed by atoms with van der Waals surface area (Å²) in [5.41, 5.74) is 0.956. The first-order valence-electron chi connectivity index (χ1n) is 4.75. The highest BCUT2D eigenvalue weighted by atomic mass is 79.9. The second kappa shape index (κ2) is 5.63. The minimum atomic E-state index is -3.10. The number of sulfonamides is 1. The smallest absolute Gasteiger partial charge is 0.211 e. The molecule has 1 aromatic rings. The first-order chi connectivity index (χ1) is 7.03. The predicted molar refractivity (Wildman–Crippen MR) is 65.1 cm³/mol. The minimum absolute atomic E-state index is 0.184. The van der Waals surface area contributed by atoms with Gasteiger partial charge in [-0.2, -0.15) is 0 Å². The molecule has 0 amide bonds. The van der Waals surface area contributed by atoms with E-state index in [4.69, 9.17) is 0 Å². The second-order valence-electron chi connectivity index (χ2n) is 3.27. The zero-order chi connectivity index (χ0) is 11.3. The van der Waals surface area contributed by atoms with Gasteiger partial charge in [-0.15, -0.1) is 0 Å². The van der Waals surface area contributed by atoms with E-state index in [1.54, 1.807) is 0 Å². The van der Waals surface area contributed by atoms with Crippen LogP contribution in [0.3, 0.4) is 0 Å². The van der Waals surface area contributed by atoms with Gasteiger partial charge >= 0.3 is 0 Å². The van der Waals surface area contributed by atoms with E-state index in [1.165, 1.54) is 0 Å². The summed E-state index contributed by atoms with van der Waals surface area (Å²) in [4.78, 5) is 0. The van der Waals surface area contributed by atoms with Gasteiger partial charge in [0.15, 0.2) is 0 Å². The number of hydrogen-bond acceptors (Lipinski definition) is 2. The van der Waals surface area contributed by atoms with Gasteiger partial charge in [-0.05, 0) is 24.1 Å². The predicted octanol–water partition coefficient (Wildman–Crippen LogP) is 2.28. The fraction of sp³-hybridized carbons (Fsp3) is 0.400. The third kappa shape index (κ3) is 4.77. The van der Waals surface area contributed by atoms with Crippen LogP contribution in [0.4, 0.5) is 0 Å². The number of halogens is 1. The van der Waals surface area contributed by atoms with Crippen molar-refractivity contribution in [1.82, 2.24) is 4.72 Å². The van der Waals surface area contributed by atoms with Gasteiger partial charge in [0.2, 0.25) is 10.0 Å². The summed E-state index contributed by atoms with van der Waals surface area (Å²) in [5, 5.41) is 0. The number of nitrogens with one attached hydrogen (secondary N) is 1. The lowest BCUT2D eigenvalue weighted by atomic mass is 10.2. The molecular weight excluding hydrogens is 278 g/mol. The molecule has 1 rings (SSSR count). The van der Waals surface area contributed by atoms with Crippen molar-refractivity contribution in [3.8, 4) is 0 Å². The Morgan fingerprint density at radius 1 is 1.27 bits per heavy atom. The van der Waals surface area contributed by atoms with Gasteiger partial charge in [0.05, 0.1) is 5.75 Å². The number of hydrogen-bond donors (Lipinski definition) is 1. The molecule has 0 saturated heterocycles. The second-order valence-corrected chi connectivity index (χ2v) is 6.11. The van der Waals surface area contributed by atoms with Crippen LogP contribution in [0.5, 0.6) is 0 Å². The third-order valence-corrected chi connectivity index (χ3v) is 3.94. The molecule has 5 heteroatoms. The molecule has 0 bridgehead atoms. The Bertz CT molecular complexity index is 400. The number of rotatable bonds is 5. The molecule has 0 aromatic heterocycles. The summed E-state index contributed by atoms with van der Waals surface area (Å²) in [6, 6.07) is 7.56. The molecular formula is C10H14BrNO2S. The monoisotopic (exact) mass is 291 g/mol. The summed E-state index contributed by atoms with van der Waals surface area (Å²) >= 11 is 3.32. The molecule has 0 atom stereocenters. The fourth-order valence-electron chi connectivity index (χ4n) is 1.14. The van der Waals surface area contributed by atoms with Crippen LogP contribution in [-0.4, -0.2) is 14.2 Å². The van der Waals surface area contributed by atoms with Crippen LogP contribution in [0.15, 0.2) is 28.7 Å². The lowest BCUT2D eigenvalue weighted by Crippen LogP contribution is -2.25. The van der Waals surface area contributed by atoms with Crippen LogP contribution < -0.4 is 4.72 Å². The molecule has 0 spiro atoms. The van der Waals surface area contributed by atoms with Gasteiger partial charge < -0.3 is 0 Å². The van der Waals surface area contributed by atoms with Gasteiger partial charge in [0.1, 0.15) is 0 Å². The average Bonchev–Trinajstić information content (AvgIpc) is 2.17. The molecule has 1 N–H and O–H groups in total. The average molecular weight is 292 g/mol. The maximum absolute atomic E-state index is 11.4. The lowest BCUT2D eigenvalue weighted by molar-refractivity contribution is 0.580. The quantitative estimate of drug-likeness (QED) is 0.905. The maximum atomic E-state index is 11.4. The molecule has 0 aliphatic rings. The topological polar surface area (TPSA) is 46.2 Å². The Morgan fingerprint density at radius 2 is 1.87 bits per heavy atom.